The molecule has 3 heterocycles. The van der Waals surface area contributed by atoms with E-state index in [0.717, 1.165) is 43.4 Å². The van der Waals surface area contributed by atoms with Crippen molar-refractivity contribution in [3.63, 3.8) is 0 Å². The number of β-amino-alcohol motifs (C(OH)–C–C–N with tert-alkyl or cyclic N) is 1. The molecule has 0 spiro atoms. The van der Waals surface area contributed by atoms with Gasteiger partial charge in [-0.2, -0.15) is 0 Å². The van der Waals surface area contributed by atoms with E-state index in [0.29, 0.717) is 13.0 Å². The summed E-state index contributed by atoms with van der Waals surface area (Å²) < 4.78 is 0. The van der Waals surface area contributed by atoms with E-state index < -0.39 is 0 Å². The number of aromatic nitrogens is 1. The van der Waals surface area contributed by atoms with Gasteiger partial charge in [0.15, 0.2) is 0 Å². The minimum Gasteiger partial charge on any atom is -0.392 e. The van der Waals surface area contributed by atoms with Gasteiger partial charge in [0.1, 0.15) is 0 Å². The molecular formula is C14H22N4O2S. The second kappa shape index (κ2) is 6.39. The van der Waals surface area contributed by atoms with Crippen molar-refractivity contribution in [2.24, 2.45) is 0 Å². The number of nitrogens with one attached hydrogen (secondary N) is 1. The van der Waals surface area contributed by atoms with Gasteiger partial charge < -0.3 is 15.3 Å². The molecule has 2 atom stereocenters. The van der Waals surface area contributed by atoms with Crippen LogP contribution in [0, 0.1) is 6.92 Å². The lowest BCUT2D eigenvalue weighted by Crippen LogP contribution is -2.52. The maximum atomic E-state index is 12.3. The maximum Gasteiger partial charge on any atom is 0.239 e. The van der Waals surface area contributed by atoms with E-state index in [1.54, 1.807) is 11.3 Å². The van der Waals surface area contributed by atoms with E-state index in [-0.39, 0.29) is 18.1 Å². The molecule has 2 aliphatic rings. The number of hydrogen-bond donors (Lipinski definition) is 2. The van der Waals surface area contributed by atoms with Crippen LogP contribution >= 0.6 is 11.3 Å². The largest absolute Gasteiger partial charge is 0.392 e. The van der Waals surface area contributed by atoms with Crippen molar-refractivity contribution in [1.82, 2.24) is 20.1 Å². The number of carbonyl (C=O) groups excluding carboxylic acids is 1. The van der Waals surface area contributed by atoms with Gasteiger partial charge in [0.2, 0.25) is 5.91 Å². The number of hydrogen-bond acceptors (Lipinski definition) is 6. The summed E-state index contributed by atoms with van der Waals surface area (Å²) >= 11 is 1.68. The van der Waals surface area contributed by atoms with Crippen LogP contribution in [0.4, 0.5) is 0 Å². The van der Waals surface area contributed by atoms with Gasteiger partial charge in [0.25, 0.3) is 0 Å². The molecule has 2 N–H and O–H groups in total. The first-order valence-electron chi connectivity index (χ1n) is 7.45. The lowest BCUT2D eigenvalue weighted by atomic mass is 10.1. The van der Waals surface area contributed by atoms with Gasteiger partial charge in [-0.25, -0.2) is 4.98 Å². The Hall–Kier alpha value is -1.02. The van der Waals surface area contributed by atoms with E-state index in [4.69, 9.17) is 0 Å². The zero-order chi connectivity index (χ0) is 14.8. The Morgan fingerprint density at radius 1 is 1.48 bits per heavy atom. The summed E-state index contributed by atoms with van der Waals surface area (Å²) in [6.07, 6.45) is 0.157. The first-order valence-corrected chi connectivity index (χ1v) is 8.33. The van der Waals surface area contributed by atoms with E-state index in [1.807, 2.05) is 11.8 Å². The molecule has 0 aromatic carbocycles. The fourth-order valence-electron chi connectivity index (χ4n) is 2.96. The molecule has 7 heteroatoms. The zero-order valence-corrected chi connectivity index (χ0v) is 13.1. The van der Waals surface area contributed by atoms with Crippen LogP contribution in [0.15, 0.2) is 5.38 Å². The predicted octanol–water partition coefficient (Wildman–Crippen LogP) is -0.181. The highest BCUT2D eigenvalue weighted by Crippen LogP contribution is 2.14. The molecular weight excluding hydrogens is 288 g/mol. The number of thiazole rings is 1. The van der Waals surface area contributed by atoms with Crippen LogP contribution in [-0.4, -0.2) is 70.7 Å². The van der Waals surface area contributed by atoms with Crippen molar-refractivity contribution in [2.75, 3.05) is 32.7 Å². The third-order valence-electron chi connectivity index (χ3n) is 4.14. The first-order chi connectivity index (χ1) is 10.1. The van der Waals surface area contributed by atoms with Gasteiger partial charge in [-0.05, 0) is 13.3 Å². The average molecular weight is 310 g/mol. The predicted molar refractivity (Wildman–Crippen MR) is 81.1 cm³/mol. The number of rotatable bonds is 3. The van der Waals surface area contributed by atoms with Gasteiger partial charge in [-0.15, -0.1) is 11.3 Å². The third kappa shape index (κ3) is 3.60. The zero-order valence-electron chi connectivity index (χ0n) is 12.3. The summed E-state index contributed by atoms with van der Waals surface area (Å²) in [5, 5.41) is 15.8. The number of aliphatic hydroxyl groups is 1. The van der Waals surface area contributed by atoms with Crippen molar-refractivity contribution in [1.29, 1.82) is 0 Å². The Morgan fingerprint density at radius 3 is 2.81 bits per heavy atom. The van der Waals surface area contributed by atoms with Crippen LogP contribution in [0.1, 0.15) is 17.1 Å². The maximum absolute atomic E-state index is 12.3. The van der Waals surface area contributed by atoms with Crippen LogP contribution in [-0.2, 0) is 11.3 Å². The first kappa shape index (κ1) is 14.9. The van der Waals surface area contributed by atoms with Crippen LogP contribution in [0.3, 0.4) is 0 Å². The molecule has 1 aromatic heterocycles. The summed E-state index contributed by atoms with van der Waals surface area (Å²) in [7, 11) is 0. The molecule has 0 unspecified atom stereocenters. The molecule has 0 aliphatic carbocycles. The monoisotopic (exact) mass is 310 g/mol. The molecule has 2 saturated heterocycles. The van der Waals surface area contributed by atoms with Crippen molar-refractivity contribution in [3.8, 4) is 0 Å². The summed E-state index contributed by atoms with van der Waals surface area (Å²) in [5.74, 6) is 0.135. The van der Waals surface area contributed by atoms with Gasteiger partial charge >= 0.3 is 0 Å². The summed E-state index contributed by atoms with van der Waals surface area (Å²) in [4.78, 5) is 21.1. The highest BCUT2D eigenvalue weighted by Gasteiger charge is 2.32. The van der Waals surface area contributed by atoms with Gasteiger partial charge in [-0.3, -0.25) is 9.69 Å². The number of amides is 1. The van der Waals surface area contributed by atoms with Crippen molar-refractivity contribution in [2.45, 2.75) is 32.0 Å². The van der Waals surface area contributed by atoms with E-state index in [1.165, 1.54) is 0 Å². The molecule has 0 bridgehead atoms. The van der Waals surface area contributed by atoms with Gasteiger partial charge in [-0.1, -0.05) is 0 Å². The minimum absolute atomic E-state index is 0.135. The van der Waals surface area contributed by atoms with Gasteiger partial charge in [0, 0.05) is 44.6 Å². The number of aliphatic hydroxyl groups excluding tert-OH is 1. The summed E-state index contributed by atoms with van der Waals surface area (Å²) in [6, 6.07) is -0.201. The van der Waals surface area contributed by atoms with Crippen LogP contribution < -0.4 is 5.32 Å². The number of nitrogens with zero attached hydrogens (tertiary/aromatic N) is 3. The number of piperazine rings is 1. The topological polar surface area (TPSA) is 68.7 Å². The van der Waals surface area contributed by atoms with Crippen LogP contribution in [0.2, 0.25) is 0 Å². The highest BCUT2D eigenvalue weighted by molar-refractivity contribution is 7.09. The second-order valence-electron chi connectivity index (χ2n) is 5.81. The Morgan fingerprint density at radius 2 is 2.24 bits per heavy atom. The standard InChI is InChI=1S/C14H22N4O2S/c1-10-16-11(9-21-10)8-17-2-4-18(5-3-17)14(20)13-6-12(19)7-15-13/h9,12-13,15,19H,2-8H2,1H3/t12-,13-/m1/s1. The van der Waals surface area contributed by atoms with Crippen LogP contribution in [0.5, 0.6) is 0 Å². The fourth-order valence-corrected chi connectivity index (χ4v) is 3.57. The highest BCUT2D eigenvalue weighted by atomic mass is 32.1. The van der Waals surface area contributed by atoms with Crippen molar-refractivity contribution >= 4 is 17.2 Å². The molecule has 2 fully saturated rings. The molecule has 0 radical (unpaired) electrons. The fraction of sp³-hybridized carbons (Fsp3) is 0.714. The Balaban J connectivity index is 1.47. The third-order valence-corrected chi connectivity index (χ3v) is 4.96. The quantitative estimate of drug-likeness (QED) is 0.810. The minimum atomic E-state index is -0.381. The molecule has 2 aliphatic heterocycles. The average Bonchev–Trinajstić information content (AvgIpc) is 3.08. The van der Waals surface area contributed by atoms with Crippen molar-refractivity contribution < 1.29 is 9.90 Å². The molecule has 21 heavy (non-hydrogen) atoms. The van der Waals surface area contributed by atoms with E-state index in [9.17, 15) is 9.90 Å². The van der Waals surface area contributed by atoms with E-state index >= 15 is 0 Å². The second-order valence-corrected chi connectivity index (χ2v) is 6.87. The Bertz CT molecular complexity index is 499. The number of carbonyl (C=O) groups is 1. The lowest BCUT2D eigenvalue weighted by Gasteiger charge is -2.35. The Kier molecular flexibility index (Phi) is 4.54. The van der Waals surface area contributed by atoms with Gasteiger partial charge in [0.05, 0.1) is 22.8 Å². The Labute approximate surface area is 128 Å². The smallest absolute Gasteiger partial charge is 0.239 e. The molecule has 1 amide bonds. The summed E-state index contributed by atoms with van der Waals surface area (Å²) in [6.45, 7) is 6.71. The molecule has 3 rings (SSSR count). The van der Waals surface area contributed by atoms with E-state index in [2.05, 4.69) is 20.6 Å². The molecule has 0 saturated carbocycles. The molecule has 1 aromatic rings. The lowest BCUT2D eigenvalue weighted by molar-refractivity contribution is -0.135. The molecule has 116 valence electrons. The van der Waals surface area contributed by atoms with Crippen molar-refractivity contribution in [3.05, 3.63) is 16.1 Å². The number of aryl methyl sites for hydroxylation is 1. The SMILES string of the molecule is Cc1nc(CN2CCN(C(=O)[C@H]3C[C@@H](O)CN3)CC2)cs1. The molecule has 6 nitrogen and oxygen atoms in total. The van der Waals surface area contributed by atoms with Crippen LogP contribution in [0.25, 0.3) is 0 Å². The summed E-state index contributed by atoms with van der Waals surface area (Å²) in [5.41, 5.74) is 1.12. The normalized spacial score (nSPS) is 27.2.